The lowest BCUT2D eigenvalue weighted by molar-refractivity contribution is -0.259. The zero-order valence-electron chi connectivity index (χ0n) is 22.8. The molecule has 10 heteroatoms. The Labute approximate surface area is 228 Å². The van der Waals surface area contributed by atoms with Gasteiger partial charge in [-0.15, -0.1) is 0 Å². The summed E-state index contributed by atoms with van der Waals surface area (Å²) >= 11 is 0. The molecular formula is C30H32F6O4. The van der Waals surface area contributed by atoms with Gasteiger partial charge in [0.1, 0.15) is 11.5 Å². The quantitative estimate of drug-likeness (QED) is 0.235. The van der Waals surface area contributed by atoms with Gasteiger partial charge in [-0.3, -0.25) is 0 Å². The molecule has 4 N–H and O–H groups in total. The summed E-state index contributed by atoms with van der Waals surface area (Å²) in [7, 11) is 0. The maximum Gasteiger partial charge on any atom is 0.421 e. The summed E-state index contributed by atoms with van der Waals surface area (Å²) in [6.07, 6.45) is -10.1. The standard InChI is InChI=1S/C30H32F6O4/c1-25(2,19-10-12-23(37)21(15-19)27(5,39)29(31,32)33)17-8-7-9-18(14-17)26(3,4)20-11-13-24(38)22(16-20)28(6,40)30(34,35)36/h7-16,37-40H,1-6H3. The number of benzene rings is 3. The molecule has 3 rings (SSSR count). The molecule has 0 aromatic heterocycles. The summed E-state index contributed by atoms with van der Waals surface area (Å²) in [5.41, 5.74) is -7.85. The summed E-state index contributed by atoms with van der Waals surface area (Å²) in [5.74, 6) is -1.43. The summed E-state index contributed by atoms with van der Waals surface area (Å²) < 4.78 is 81.2. The molecule has 0 amide bonds. The SMILES string of the molecule is CC(C)(c1cccc(C(C)(C)c2ccc(O)c(C(C)(O)C(F)(F)F)c2)c1)c1ccc(O)c(C(C)(O)C(F)(F)F)c1. The molecule has 3 aromatic rings. The second-order valence-corrected chi connectivity index (χ2v) is 11.4. The van der Waals surface area contributed by atoms with E-state index in [1.807, 2.05) is 0 Å². The van der Waals surface area contributed by atoms with Crippen LogP contribution in [0.4, 0.5) is 26.3 Å². The monoisotopic (exact) mass is 570 g/mol. The Morgan fingerprint density at radius 2 is 0.775 bits per heavy atom. The van der Waals surface area contributed by atoms with Crippen molar-refractivity contribution in [3.05, 3.63) is 94.0 Å². The van der Waals surface area contributed by atoms with Crippen LogP contribution in [0.5, 0.6) is 11.5 Å². The first-order valence-corrected chi connectivity index (χ1v) is 12.3. The van der Waals surface area contributed by atoms with Crippen molar-refractivity contribution in [3.63, 3.8) is 0 Å². The molecule has 0 heterocycles. The van der Waals surface area contributed by atoms with E-state index in [1.165, 1.54) is 12.1 Å². The molecule has 40 heavy (non-hydrogen) atoms. The molecular weight excluding hydrogens is 538 g/mol. The van der Waals surface area contributed by atoms with Crippen molar-refractivity contribution in [2.75, 3.05) is 0 Å². The van der Waals surface area contributed by atoms with Crippen LogP contribution in [-0.4, -0.2) is 32.8 Å². The van der Waals surface area contributed by atoms with Gasteiger partial charge in [0.25, 0.3) is 0 Å². The second kappa shape index (κ2) is 9.69. The predicted octanol–water partition coefficient (Wildman–Crippen LogP) is 7.29. The van der Waals surface area contributed by atoms with E-state index in [9.17, 15) is 46.8 Å². The van der Waals surface area contributed by atoms with E-state index in [-0.39, 0.29) is 0 Å². The van der Waals surface area contributed by atoms with Gasteiger partial charge in [-0.1, -0.05) is 64.1 Å². The largest absolute Gasteiger partial charge is 0.508 e. The molecule has 4 nitrogen and oxygen atoms in total. The van der Waals surface area contributed by atoms with Crippen LogP contribution in [0.1, 0.15) is 74.9 Å². The number of aliphatic hydroxyl groups is 2. The van der Waals surface area contributed by atoms with E-state index in [0.717, 1.165) is 24.3 Å². The minimum atomic E-state index is -5.04. The third-order valence-electron chi connectivity index (χ3n) is 7.90. The van der Waals surface area contributed by atoms with Gasteiger partial charge in [0.15, 0.2) is 11.2 Å². The number of hydrogen-bond donors (Lipinski definition) is 4. The first kappa shape index (κ1) is 31.3. The fraction of sp³-hybridized carbons (Fsp3) is 0.400. The van der Waals surface area contributed by atoms with Crippen molar-refractivity contribution in [1.82, 2.24) is 0 Å². The average molecular weight is 571 g/mol. The highest BCUT2D eigenvalue weighted by Crippen LogP contribution is 2.46. The lowest BCUT2D eigenvalue weighted by Gasteiger charge is -2.33. The highest BCUT2D eigenvalue weighted by molar-refractivity contribution is 5.50. The third-order valence-corrected chi connectivity index (χ3v) is 7.90. The summed E-state index contributed by atoms with van der Waals surface area (Å²) in [5, 5.41) is 40.7. The second-order valence-electron chi connectivity index (χ2n) is 11.4. The van der Waals surface area contributed by atoms with Gasteiger partial charge in [0, 0.05) is 22.0 Å². The fourth-order valence-electron chi connectivity index (χ4n) is 4.56. The van der Waals surface area contributed by atoms with Crippen molar-refractivity contribution in [1.29, 1.82) is 0 Å². The van der Waals surface area contributed by atoms with Crippen molar-refractivity contribution in [2.45, 2.75) is 75.9 Å². The Kier molecular flexibility index (Phi) is 7.58. The summed E-state index contributed by atoms with van der Waals surface area (Å²) in [6, 6.07) is 14.2. The fourth-order valence-corrected chi connectivity index (χ4v) is 4.56. The molecule has 0 aliphatic rings. The van der Waals surface area contributed by atoms with Crippen molar-refractivity contribution >= 4 is 0 Å². The molecule has 0 saturated heterocycles. The molecule has 2 atom stereocenters. The van der Waals surface area contributed by atoms with Crippen LogP contribution < -0.4 is 0 Å². The zero-order valence-corrected chi connectivity index (χ0v) is 22.8. The maximum absolute atomic E-state index is 13.5. The topological polar surface area (TPSA) is 80.9 Å². The number of phenolic OH excluding ortho intramolecular Hbond substituents is 2. The van der Waals surface area contributed by atoms with Crippen molar-refractivity contribution in [2.24, 2.45) is 0 Å². The van der Waals surface area contributed by atoms with Crippen LogP contribution in [0.3, 0.4) is 0 Å². The number of phenols is 2. The van der Waals surface area contributed by atoms with Gasteiger partial charge in [-0.05, 0) is 60.4 Å². The molecule has 3 aromatic carbocycles. The highest BCUT2D eigenvalue weighted by Gasteiger charge is 2.53. The van der Waals surface area contributed by atoms with Gasteiger partial charge in [0.05, 0.1) is 0 Å². The molecule has 0 aliphatic carbocycles. The molecule has 0 fully saturated rings. The number of halogens is 6. The highest BCUT2D eigenvalue weighted by atomic mass is 19.4. The van der Waals surface area contributed by atoms with Crippen LogP contribution in [0.25, 0.3) is 0 Å². The molecule has 0 spiro atoms. The smallest absolute Gasteiger partial charge is 0.421 e. The van der Waals surface area contributed by atoms with E-state index < -0.39 is 57.0 Å². The van der Waals surface area contributed by atoms with Gasteiger partial charge in [-0.2, -0.15) is 26.3 Å². The van der Waals surface area contributed by atoms with E-state index >= 15 is 0 Å². The first-order valence-electron chi connectivity index (χ1n) is 12.3. The Morgan fingerprint density at radius 1 is 0.475 bits per heavy atom. The molecule has 2 unspecified atom stereocenters. The van der Waals surface area contributed by atoms with Crippen LogP contribution >= 0.6 is 0 Å². The van der Waals surface area contributed by atoms with Crippen LogP contribution in [0.2, 0.25) is 0 Å². The first-order chi connectivity index (χ1) is 18.0. The minimum Gasteiger partial charge on any atom is -0.508 e. The summed E-state index contributed by atoms with van der Waals surface area (Å²) in [6.45, 7) is 8.11. The van der Waals surface area contributed by atoms with Crippen molar-refractivity contribution in [3.8, 4) is 11.5 Å². The molecule has 218 valence electrons. The Balaban J connectivity index is 2.11. The minimum absolute atomic E-state index is 0.368. The lowest BCUT2D eigenvalue weighted by Crippen LogP contribution is -2.39. The number of aromatic hydroxyl groups is 2. The van der Waals surface area contributed by atoms with Crippen LogP contribution in [0.15, 0.2) is 60.7 Å². The Hall–Kier alpha value is -3.24. The van der Waals surface area contributed by atoms with Crippen LogP contribution in [-0.2, 0) is 22.0 Å². The Bertz CT molecular complexity index is 1300. The van der Waals surface area contributed by atoms with Crippen LogP contribution in [0, 0.1) is 0 Å². The van der Waals surface area contributed by atoms with E-state index in [1.54, 1.807) is 52.0 Å². The molecule has 0 radical (unpaired) electrons. The van der Waals surface area contributed by atoms with E-state index in [4.69, 9.17) is 0 Å². The maximum atomic E-state index is 13.5. The van der Waals surface area contributed by atoms with E-state index in [0.29, 0.717) is 36.1 Å². The summed E-state index contributed by atoms with van der Waals surface area (Å²) in [4.78, 5) is 0. The number of alkyl halides is 6. The van der Waals surface area contributed by atoms with Gasteiger partial charge in [-0.25, -0.2) is 0 Å². The zero-order chi connectivity index (χ0) is 30.7. The van der Waals surface area contributed by atoms with Crippen molar-refractivity contribution < 1.29 is 46.8 Å². The number of rotatable bonds is 6. The van der Waals surface area contributed by atoms with E-state index in [2.05, 4.69) is 0 Å². The molecule has 0 saturated carbocycles. The van der Waals surface area contributed by atoms with Gasteiger partial charge in [0.2, 0.25) is 0 Å². The number of hydrogen-bond acceptors (Lipinski definition) is 4. The molecule has 0 aliphatic heterocycles. The normalized spacial score (nSPS) is 16.4. The predicted molar refractivity (Wildman–Crippen MR) is 138 cm³/mol. The van der Waals surface area contributed by atoms with Gasteiger partial charge < -0.3 is 20.4 Å². The lowest BCUT2D eigenvalue weighted by atomic mass is 9.72. The third kappa shape index (κ3) is 5.26. The Morgan fingerprint density at radius 3 is 1.07 bits per heavy atom. The molecule has 0 bridgehead atoms. The van der Waals surface area contributed by atoms with Gasteiger partial charge >= 0.3 is 12.4 Å². The average Bonchev–Trinajstić information content (AvgIpc) is 2.82.